The molecule has 34 heavy (non-hydrogen) atoms. The number of nitrogens with zero attached hydrogens (tertiary/aromatic N) is 2. The van der Waals surface area contributed by atoms with Crippen LogP contribution in [0.3, 0.4) is 0 Å². The average molecular weight is 513 g/mol. The van der Waals surface area contributed by atoms with Crippen LogP contribution in [0.4, 0.5) is 0 Å². The Balaban J connectivity index is 1.49. The Hall–Kier alpha value is -3.38. The van der Waals surface area contributed by atoms with Gasteiger partial charge < -0.3 is 0 Å². The van der Waals surface area contributed by atoms with E-state index in [1.54, 1.807) is 23.4 Å². The number of rotatable bonds is 3. The zero-order valence-corrected chi connectivity index (χ0v) is 20.0. The lowest BCUT2D eigenvalue weighted by Crippen LogP contribution is -2.41. The van der Waals surface area contributed by atoms with Gasteiger partial charge in [0.1, 0.15) is 12.0 Å². The summed E-state index contributed by atoms with van der Waals surface area (Å²) in [5.74, 6) is -2.71. The van der Waals surface area contributed by atoms with Crippen LogP contribution in [0.2, 0.25) is 0 Å². The summed E-state index contributed by atoms with van der Waals surface area (Å²) in [6.45, 7) is 1.97. The molecule has 6 rings (SSSR count). The molecule has 3 aliphatic rings. The van der Waals surface area contributed by atoms with Crippen molar-refractivity contribution < 1.29 is 14.4 Å². The topological polar surface area (TPSA) is 66.8 Å². The minimum atomic E-state index is -0.851. The molecule has 2 aliphatic heterocycles. The van der Waals surface area contributed by atoms with Crippen LogP contribution < -0.4 is 0 Å². The number of halogens is 1. The minimum absolute atomic E-state index is 0.119. The summed E-state index contributed by atoms with van der Waals surface area (Å²) < 4.78 is 0.864. The molecular formula is C28H21BrN2O3. The first-order valence-electron chi connectivity index (χ1n) is 11.3. The standard InChI is InChI=1S/C28H21BrN2O3/c1-15-6-8-16(9-7-15)21-27(33)22-23(28(21)34)25(26(32)17-10-12-19(29)13-11-17)31-24(22)20-5-3-2-4-18(20)14-30-31/h2-14,21-25H,1H3/t21-,22-,23+,24-,25-/m0/s1. The summed E-state index contributed by atoms with van der Waals surface area (Å²) in [6, 6.07) is 21.2. The molecule has 0 amide bonds. The van der Waals surface area contributed by atoms with E-state index in [-0.39, 0.29) is 17.3 Å². The Kier molecular flexibility index (Phi) is 4.88. The van der Waals surface area contributed by atoms with Gasteiger partial charge in [0, 0.05) is 10.0 Å². The largest absolute Gasteiger partial charge is 0.298 e. The Morgan fingerprint density at radius 2 is 1.56 bits per heavy atom. The van der Waals surface area contributed by atoms with E-state index in [0.717, 1.165) is 21.2 Å². The molecule has 168 valence electrons. The summed E-state index contributed by atoms with van der Waals surface area (Å²) in [4.78, 5) is 41.6. The van der Waals surface area contributed by atoms with Gasteiger partial charge >= 0.3 is 0 Å². The van der Waals surface area contributed by atoms with Crippen molar-refractivity contribution >= 4 is 39.5 Å². The SMILES string of the molecule is Cc1ccc([C@@H]2C(=O)[C@@H]3[C@H](C2=O)[C@@H]2c4ccccc4C=NN2[C@@H]3C(=O)c2ccc(Br)cc2)cc1. The number of Topliss-reactive ketones (excluding diaryl/α,β-unsaturated/α-hetero) is 3. The number of aryl methyl sites for hydroxylation is 1. The molecule has 2 fully saturated rings. The van der Waals surface area contributed by atoms with Crippen LogP contribution in [0.15, 0.2) is 82.4 Å². The van der Waals surface area contributed by atoms with Gasteiger partial charge in [0.2, 0.25) is 0 Å². The zero-order valence-electron chi connectivity index (χ0n) is 18.4. The Bertz CT molecular complexity index is 1360. The normalized spacial score (nSPS) is 26.9. The van der Waals surface area contributed by atoms with Crippen molar-refractivity contribution in [3.8, 4) is 0 Å². The molecule has 1 saturated carbocycles. The van der Waals surface area contributed by atoms with Crippen LogP contribution in [0.25, 0.3) is 0 Å². The number of carbonyl (C=O) groups excluding carboxylic acids is 3. The predicted octanol–water partition coefficient (Wildman–Crippen LogP) is 4.88. The zero-order chi connectivity index (χ0) is 23.6. The molecule has 5 nitrogen and oxygen atoms in total. The molecule has 0 radical (unpaired) electrons. The fourth-order valence-corrected chi connectivity index (χ4v) is 6.01. The predicted molar refractivity (Wildman–Crippen MR) is 132 cm³/mol. The number of ketones is 3. The number of fused-ring (bicyclic) bond motifs is 5. The van der Waals surface area contributed by atoms with Gasteiger partial charge in [0.05, 0.1) is 24.1 Å². The maximum absolute atomic E-state index is 13.9. The fraction of sp³-hybridized carbons (Fsp3) is 0.214. The van der Waals surface area contributed by atoms with Gasteiger partial charge in [-0.2, -0.15) is 5.10 Å². The maximum atomic E-state index is 13.9. The lowest BCUT2D eigenvalue weighted by Gasteiger charge is -2.33. The monoisotopic (exact) mass is 512 g/mol. The van der Waals surface area contributed by atoms with E-state index in [9.17, 15) is 14.4 Å². The number of carbonyl (C=O) groups is 3. The molecule has 0 aromatic heterocycles. The molecule has 3 aromatic rings. The number of benzene rings is 3. The van der Waals surface area contributed by atoms with Gasteiger partial charge in [-0.15, -0.1) is 0 Å². The van der Waals surface area contributed by atoms with Crippen LogP contribution in [-0.4, -0.2) is 34.6 Å². The first-order valence-corrected chi connectivity index (χ1v) is 12.1. The fourth-order valence-electron chi connectivity index (χ4n) is 5.75. The first-order chi connectivity index (χ1) is 16.5. The molecule has 0 unspecified atom stereocenters. The van der Waals surface area contributed by atoms with Crippen molar-refractivity contribution in [2.75, 3.05) is 0 Å². The van der Waals surface area contributed by atoms with Crippen LogP contribution >= 0.6 is 15.9 Å². The molecule has 0 spiro atoms. The van der Waals surface area contributed by atoms with Crippen molar-refractivity contribution in [2.24, 2.45) is 16.9 Å². The van der Waals surface area contributed by atoms with Crippen molar-refractivity contribution in [3.05, 3.63) is 105 Å². The third-order valence-corrected chi connectivity index (χ3v) is 7.84. The van der Waals surface area contributed by atoms with E-state index in [4.69, 9.17) is 0 Å². The molecule has 1 saturated heterocycles. The smallest absolute Gasteiger partial charge is 0.187 e. The average Bonchev–Trinajstić information content (AvgIpc) is 3.32. The Morgan fingerprint density at radius 1 is 0.882 bits per heavy atom. The molecule has 5 atom stereocenters. The van der Waals surface area contributed by atoms with E-state index in [1.165, 1.54) is 0 Å². The van der Waals surface area contributed by atoms with Gasteiger partial charge in [-0.05, 0) is 35.7 Å². The van der Waals surface area contributed by atoms with Gasteiger partial charge in [-0.3, -0.25) is 19.4 Å². The number of hydrogen-bond acceptors (Lipinski definition) is 5. The van der Waals surface area contributed by atoms with E-state index in [0.29, 0.717) is 11.1 Å². The quantitative estimate of drug-likeness (QED) is 0.370. The third-order valence-electron chi connectivity index (χ3n) is 7.32. The van der Waals surface area contributed by atoms with Gasteiger partial charge in [-0.25, -0.2) is 0 Å². The second-order valence-electron chi connectivity index (χ2n) is 9.21. The molecule has 3 aromatic carbocycles. The molecule has 6 heteroatoms. The molecular weight excluding hydrogens is 492 g/mol. The van der Waals surface area contributed by atoms with E-state index >= 15 is 0 Å². The first kappa shape index (κ1) is 21.2. The summed E-state index contributed by atoms with van der Waals surface area (Å²) in [6.07, 6.45) is 1.72. The highest BCUT2D eigenvalue weighted by Crippen LogP contribution is 2.55. The van der Waals surface area contributed by atoms with E-state index < -0.39 is 29.8 Å². The van der Waals surface area contributed by atoms with Crippen LogP contribution in [0.1, 0.15) is 44.6 Å². The molecule has 2 heterocycles. The Morgan fingerprint density at radius 3 is 2.29 bits per heavy atom. The van der Waals surface area contributed by atoms with Crippen molar-refractivity contribution in [1.29, 1.82) is 0 Å². The van der Waals surface area contributed by atoms with E-state index in [1.807, 2.05) is 67.6 Å². The van der Waals surface area contributed by atoms with Gasteiger partial charge in [0.15, 0.2) is 17.3 Å². The Labute approximate surface area is 205 Å². The second-order valence-corrected chi connectivity index (χ2v) is 10.1. The van der Waals surface area contributed by atoms with Crippen molar-refractivity contribution in [2.45, 2.75) is 24.9 Å². The van der Waals surface area contributed by atoms with Crippen molar-refractivity contribution in [1.82, 2.24) is 5.01 Å². The molecule has 0 bridgehead atoms. The summed E-state index contributed by atoms with van der Waals surface area (Å²) in [5.41, 5.74) is 4.11. The van der Waals surface area contributed by atoms with E-state index in [2.05, 4.69) is 21.0 Å². The third kappa shape index (κ3) is 3.05. The van der Waals surface area contributed by atoms with Gasteiger partial charge in [-0.1, -0.05) is 82.2 Å². The summed E-state index contributed by atoms with van der Waals surface area (Å²) >= 11 is 3.41. The number of hydrazone groups is 1. The van der Waals surface area contributed by atoms with Crippen LogP contribution in [-0.2, 0) is 9.59 Å². The van der Waals surface area contributed by atoms with Crippen molar-refractivity contribution in [3.63, 3.8) is 0 Å². The second kappa shape index (κ2) is 7.84. The maximum Gasteiger partial charge on any atom is 0.187 e. The highest BCUT2D eigenvalue weighted by Gasteiger charge is 2.65. The van der Waals surface area contributed by atoms with Crippen LogP contribution in [0.5, 0.6) is 0 Å². The highest BCUT2D eigenvalue weighted by atomic mass is 79.9. The number of hydrogen-bond donors (Lipinski definition) is 0. The summed E-state index contributed by atoms with van der Waals surface area (Å²) in [7, 11) is 0. The molecule has 0 N–H and O–H groups in total. The lowest BCUT2D eigenvalue weighted by molar-refractivity contribution is -0.126. The summed E-state index contributed by atoms with van der Waals surface area (Å²) in [5, 5.41) is 6.32. The molecule has 1 aliphatic carbocycles. The minimum Gasteiger partial charge on any atom is -0.298 e. The van der Waals surface area contributed by atoms with Crippen LogP contribution in [0, 0.1) is 18.8 Å². The van der Waals surface area contributed by atoms with Gasteiger partial charge in [0.25, 0.3) is 0 Å². The highest BCUT2D eigenvalue weighted by molar-refractivity contribution is 9.10. The lowest BCUT2D eigenvalue weighted by atomic mass is 9.83.